The van der Waals surface area contributed by atoms with Crippen molar-refractivity contribution in [1.82, 2.24) is 10.6 Å². The molecule has 1 aliphatic heterocycles. The number of amides is 1. The van der Waals surface area contributed by atoms with Gasteiger partial charge in [-0.2, -0.15) is 0 Å². The molecule has 0 spiro atoms. The third kappa shape index (κ3) is 3.77. The van der Waals surface area contributed by atoms with Gasteiger partial charge < -0.3 is 15.2 Å². The number of aryl methyl sites for hydroxylation is 1. The van der Waals surface area contributed by atoms with Crippen molar-refractivity contribution < 1.29 is 14.6 Å². The van der Waals surface area contributed by atoms with Crippen LogP contribution in [0.5, 0.6) is 11.5 Å². The van der Waals surface area contributed by atoms with E-state index in [1.165, 1.54) is 11.1 Å². The molecule has 1 amide bonds. The quantitative estimate of drug-likeness (QED) is 0.450. The van der Waals surface area contributed by atoms with Gasteiger partial charge in [0.05, 0.1) is 7.11 Å². The van der Waals surface area contributed by atoms with Crippen molar-refractivity contribution in [3.05, 3.63) is 52.2 Å². The van der Waals surface area contributed by atoms with Crippen molar-refractivity contribution in [2.45, 2.75) is 58.3 Å². The number of fused-ring (bicyclic) bond motifs is 1. The molecule has 32 heavy (non-hydrogen) atoms. The molecule has 1 saturated heterocycles. The maximum atomic E-state index is 12.1. The predicted molar refractivity (Wildman–Crippen MR) is 132 cm³/mol. The molecular formula is C26H30N2O3S. The lowest BCUT2D eigenvalue weighted by molar-refractivity contribution is -0.115. The largest absolute Gasteiger partial charge is 0.507 e. The number of carbonyl (C=O) groups excluding carboxylic acids is 1. The maximum Gasteiger partial charge on any atom is 0.273 e. The Bertz CT molecular complexity index is 1180. The fourth-order valence-corrected chi connectivity index (χ4v) is 4.93. The number of phenols is 1. The standard InChI is InChI=1S/C26H30N2O3S/c1-14-9-18-19(26(4,5)8-7-25(18,2)3)12-16(14)17-10-15(21(29)13-22(17)31-6)11-20-23(30)28-24(32)27-20/h9-13,29H,7-8H2,1-6H3,(H2,27,28,30,32)/b20-11-. The summed E-state index contributed by atoms with van der Waals surface area (Å²) in [5.41, 5.74) is 6.85. The fourth-order valence-electron chi connectivity index (χ4n) is 4.73. The molecule has 4 rings (SSSR count). The maximum absolute atomic E-state index is 12.1. The molecule has 6 heteroatoms. The van der Waals surface area contributed by atoms with E-state index in [1.54, 1.807) is 19.3 Å². The van der Waals surface area contributed by atoms with Crippen LogP contribution in [-0.4, -0.2) is 23.2 Å². The Hall–Kier alpha value is -2.86. The van der Waals surface area contributed by atoms with Crippen molar-refractivity contribution in [3.63, 3.8) is 0 Å². The summed E-state index contributed by atoms with van der Waals surface area (Å²) in [5, 5.41) is 16.2. The van der Waals surface area contributed by atoms with E-state index in [9.17, 15) is 9.90 Å². The molecule has 1 heterocycles. The summed E-state index contributed by atoms with van der Waals surface area (Å²) in [7, 11) is 1.60. The number of thiocarbonyl (C=S) groups is 1. The molecule has 1 aliphatic carbocycles. The molecule has 1 fully saturated rings. The Balaban J connectivity index is 1.91. The second-order valence-electron chi connectivity index (χ2n) is 10.1. The summed E-state index contributed by atoms with van der Waals surface area (Å²) in [6.07, 6.45) is 3.89. The van der Waals surface area contributed by atoms with Gasteiger partial charge in [-0.25, -0.2) is 0 Å². The normalized spacial score (nSPS) is 20.0. The van der Waals surface area contributed by atoms with Gasteiger partial charge in [-0.1, -0.05) is 33.8 Å². The smallest absolute Gasteiger partial charge is 0.273 e. The summed E-state index contributed by atoms with van der Waals surface area (Å²) in [5.74, 6) is 0.295. The predicted octanol–water partition coefficient (Wildman–Crippen LogP) is 5.07. The first-order chi connectivity index (χ1) is 14.9. The second-order valence-corrected chi connectivity index (χ2v) is 10.5. The highest BCUT2D eigenvalue weighted by molar-refractivity contribution is 7.80. The van der Waals surface area contributed by atoms with Gasteiger partial charge in [0.1, 0.15) is 17.2 Å². The van der Waals surface area contributed by atoms with E-state index in [0.717, 1.165) is 29.5 Å². The van der Waals surface area contributed by atoms with Gasteiger partial charge in [0.15, 0.2) is 5.11 Å². The minimum atomic E-state index is -0.319. The second kappa shape index (κ2) is 7.62. The minimum Gasteiger partial charge on any atom is -0.507 e. The Labute approximate surface area is 194 Å². The van der Waals surface area contributed by atoms with Gasteiger partial charge in [0.25, 0.3) is 5.91 Å². The van der Waals surface area contributed by atoms with Crippen molar-refractivity contribution in [3.8, 4) is 22.6 Å². The summed E-state index contributed by atoms with van der Waals surface area (Å²) in [6.45, 7) is 11.3. The number of rotatable bonds is 3. The monoisotopic (exact) mass is 450 g/mol. The van der Waals surface area contributed by atoms with Gasteiger partial charge in [-0.15, -0.1) is 0 Å². The van der Waals surface area contributed by atoms with Gasteiger partial charge in [0, 0.05) is 17.2 Å². The Morgan fingerprint density at radius 2 is 1.62 bits per heavy atom. The number of carbonyl (C=O) groups is 1. The lowest BCUT2D eigenvalue weighted by Crippen LogP contribution is -2.34. The van der Waals surface area contributed by atoms with Crippen molar-refractivity contribution in [2.24, 2.45) is 0 Å². The van der Waals surface area contributed by atoms with Gasteiger partial charge in [-0.3, -0.25) is 10.1 Å². The molecule has 2 aromatic carbocycles. The highest BCUT2D eigenvalue weighted by atomic mass is 32.1. The average Bonchev–Trinajstić information content (AvgIpc) is 3.03. The van der Waals surface area contributed by atoms with Crippen LogP contribution in [0.15, 0.2) is 30.0 Å². The molecule has 0 aromatic heterocycles. The molecule has 3 N–H and O–H groups in total. The molecule has 0 radical (unpaired) electrons. The highest BCUT2D eigenvalue weighted by Crippen LogP contribution is 2.48. The zero-order chi connectivity index (χ0) is 23.4. The topological polar surface area (TPSA) is 70.6 Å². The number of ether oxygens (including phenoxy) is 1. The van der Waals surface area contributed by atoms with E-state index in [0.29, 0.717) is 17.0 Å². The minimum absolute atomic E-state index is 0.0302. The number of aromatic hydroxyl groups is 1. The summed E-state index contributed by atoms with van der Waals surface area (Å²) < 4.78 is 5.64. The van der Waals surface area contributed by atoms with E-state index in [4.69, 9.17) is 17.0 Å². The highest BCUT2D eigenvalue weighted by Gasteiger charge is 2.37. The number of methoxy groups -OCH3 is 1. The fraction of sp³-hybridized carbons (Fsp3) is 0.385. The van der Waals surface area contributed by atoms with Gasteiger partial charge in [0.2, 0.25) is 0 Å². The van der Waals surface area contributed by atoms with Crippen LogP contribution in [0.25, 0.3) is 17.2 Å². The zero-order valence-corrected chi connectivity index (χ0v) is 20.3. The third-order valence-corrected chi connectivity index (χ3v) is 7.06. The average molecular weight is 451 g/mol. The Kier molecular flexibility index (Phi) is 5.32. The molecule has 2 aromatic rings. The SMILES string of the molecule is COc1cc(O)c(/C=C2\NC(=S)NC2=O)cc1-c1cc2c(cc1C)C(C)(C)CCC2(C)C. The molecule has 5 nitrogen and oxygen atoms in total. The molecule has 0 bridgehead atoms. The first kappa shape index (κ1) is 22.3. The number of nitrogens with one attached hydrogen (secondary N) is 2. The van der Waals surface area contributed by atoms with Crippen LogP contribution in [0, 0.1) is 6.92 Å². The van der Waals surface area contributed by atoms with E-state index in [1.807, 2.05) is 6.07 Å². The first-order valence-corrected chi connectivity index (χ1v) is 11.2. The van der Waals surface area contributed by atoms with E-state index < -0.39 is 0 Å². The van der Waals surface area contributed by atoms with Crippen LogP contribution in [-0.2, 0) is 15.6 Å². The molecule has 0 atom stereocenters. The molecule has 168 valence electrons. The van der Waals surface area contributed by atoms with Crippen molar-refractivity contribution in [2.75, 3.05) is 7.11 Å². The zero-order valence-electron chi connectivity index (χ0n) is 19.5. The van der Waals surface area contributed by atoms with Crippen LogP contribution in [0.4, 0.5) is 0 Å². The van der Waals surface area contributed by atoms with Crippen molar-refractivity contribution >= 4 is 29.3 Å². The molecule has 0 unspecified atom stereocenters. The van der Waals surface area contributed by atoms with Crippen LogP contribution in [0.1, 0.15) is 62.8 Å². The lowest BCUT2D eigenvalue weighted by Gasteiger charge is -2.42. The van der Waals surface area contributed by atoms with Gasteiger partial charge >= 0.3 is 0 Å². The van der Waals surface area contributed by atoms with Crippen LogP contribution in [0.2, 0.25) is 0 Å². The summed E-state index contributed by atoms with van der Waals surface area (Å²) in [6, 6.07) is 8.06. The van der Waals surface area contributed by atoms with E-state index >= 15 is 0 Å². The van der Waals surface area contributed by atoms with E-state index in [2.05, 4.69) is 57.4 Å². The molecule has 0 saturated carbocycles. The van der Waals surface area contributed by atoms with Crippen LogP contribution < -0.4 is 15.4 Å². The van der Waals surface area contributed by atoms with E-state index in [-0.39, 0.29) is 27.6 Å². The molecular weight excluding hydrogens is 420 g/mol. The first-order valence-electron chi connectivity index (χ1n) is 10.8. The van der Waals surface area contributed by atoms with Gasteiger partial charge in [-0.05, 0) is 83.3 Å². The lowest BCUT2D eigenvalue weighted by atomic mass is 9.62. The Morgan fingerprint density at radius 3 is 2.19 bits per heavy atom. The number of benzene rings is 2. The summed E-state index contributed by atoms with van der Waals surface area (Å²) >= 11 is 5.01. The van der Waals surface area contributed by atoms with Crippen molar-refractivity contribution in [1.29, 1.82) is 0 Å². The van der Waals surface area contributed by atoms with Crippen LogP contribution in [0.3, 0.4) is 0 Å². The Morgan fingerprint density at radius 1 is 1.00 bits per heavy atom. The van der Waals surface area contributed by atoms with Crippen LogP contribution >= 0.6 is 12.2 Å². The number of hydrogen-bond donors (Lipinski definition) is 3. The summed E-state index contributed by atoms with van der Waals surface area (Å²) in [4.78, 5) is 12.1. The third-order valence-electron chi connectivity index (χ3n) is 6.86. The number of hydrogen-bond acceptors (Lipinski definition) is 4. The molecule has 2 aliphatic rings. The number of phenolic OH excluding ortho intramolecular Hbond substituents is 1.